The summed E-state index contributed by atoms with van der Waals surface area (Å²) in [4.78, 5) is 3.30. The van der Waals surface area contributed by atoms with Crippen LogP contribution in [0.25, 0.3) is 10.9 Å². The van der Waals surface area contributed by atoms with Crippen LogP contribution in [-0.4, -0.2) is 16.7 Å². The summed E-state index contributed by atoms with van der Waals surface area (Å²) in [6.45, 7) is 0.197. The zero-order chi connectivity index (χ0) is 12.0. The van der Waals surface area contributed by atoms with E-state index in [0.29, 0.717) is 5.92 Å². The second-order valence-corrected chi connectivity index (χ2v) is 5.09. The summed E-state index contributed by atoms with van der Waals surface area (Å²) in [7, 11) is 0. The molecule has 0 saturated carbocycles. The molecule has 3 rings (SSSR count). The summed E-state index contributed by atoms with van der Waals surface area (Å²) < 4.78 is 13.5. The fourth-order valence-corrected chi connectivity index (χ4v) is 2.81. The average molecular weight is 254 g/mol. The maximum absolute atomic E-state index is 13.5. The van der Waals surface area contributed by atoms with Crippen molar-refractivity contribution < 1.29 is 9.50 Å². The van der Waals surface area contributed by atoms with Crippen molar-refractivity contribution in [3.05, 3.63) is 34.2 Å². The molecule has 1 aliphatic rings. The molecule has 2 aromatic rings. The number of halogens is 2. The predicted molar refractivity (Wildman–Crippen MR) is 65.9 cm³/mol. The summed E-state index contributed by atoms with van der Waals surface area (Å²) in [5.41, 5.74) is 3.19. The first-order valence-electron chi connectivity index (χ1n) is 5.78. The van der Waals surface area contributed by atoms with E-state index >= 15 is 0 Å². The summed E-state index contributed by atoms with van der Waals surface area (Å²) in [6.07, 6.45) is 2.70. The number of fused-ring (bicyclic) bond motifs is 3. The van der Waals surface area contributed by atoms with E-state index in [0.717, 1.165) is 41.4 Å². The average Bonchev–Trinajstić information content (AvgIpc) is 2.67. The molecule has 2 nitrogen and oxygen atoms in total. The lowest BCUT2D eigenvalue weighted by Gasteiger charge is -2.20. The second kappa shape index (κ2) is 4.00. The number of aliphatic hydroxyl groups is 1. The maximum atomic E-state index is 13.5. The van der Waals surface area contributed by atoms with E-state index in [4.69, 9.17) is 11.6 Å². The van der Waals surface area contributed by atoms with Gasteiger partial charge in [0.15, 0.2) is 0 Å². The summed E-state index contributed by atoms with van der Waals surface area (Å²) in [5.74, 6) is -0.0904. The van der Waals surface area contributed by atoms with Gasteiger partial charge in [-0.25, -0.2) is 4.39 Å². The van der Waals surface area contributed by atoms with Gasteiger partial charge in [0.25, 0.3) is 0 Å². The molecule has 0 radical (unpaired) electrons. The smallest absolute Gasteiger partial charge is 0.142 e. The van der Waals surface area contributed by atoms with Crippen molar-refractivity contribution in [1.82, 2.24) is 4.98 Å². The molecule has 0 bridgehead atoms. The van der Waals surface area contributed by atoms with Crippen LogP contribution in [0.3, 0.4) is 0 Å². The van der Waals surface area contributed by atoms with E-state index in [9.17, 15) is 9.50 Å². The number of aromatic nitrogens is 1. The highest BCUT2D eigenvalue weighted by molar-refractivity contribution is 6.31. The Kier molecular flexibility index (Phi) is 2.60. The number of benzene rings is 1. The van der Waals surface area contributed by atoms with Gasteiger partial charge in [0.05, 0.1) is 5.02 Å². The van der Waals surface area contributed by atoms with E-state index in [1.54, 1.807) is 6.07 Å². The van der Waals surface area contributed by atoms with Crippen molar-refractivity contribution in [2.75, 3.05) is 6.61 Å². The number of aryl methyl sites for hydroxylation is 1. The first-order valence-corrected chi connectivity index (χ1v) is 6.16. The molecule has 0 spiro atoms. The van der Waals surface area contributed by atoms with E-state index in [2.05, 4.69) is 4.98 Å². The molecule has 1 atom stereocenters. The van der Waals surface area contributed by atoms with Gasteiger partial charge in [0.1, 0.15) is 5.82 Å². The minimum atomic E-state index is -0.382. The van der Waals surface area contributed by atoms with Crippen LogP contribution in [0.1, 0.15) is 17.7 Å². The number of aliphatic hydroxyl groups excluding tert-OH is 1. The zero-order valence-electron chi connectivity index (χ0n) is 9.26. The first-order chi connectivity index (χ1) is 8.19. The lowest BCUT2D eigenvalue weighted by molar-refractivity contribution is 0.213. The van der Waals surface area contributed by atoms with Gasteiger partial charge in [0, 0.05) is 23.2 Å². The molecule has 1 aliphatic carbocycles. The van der Waals surface area contributed by atoms with Crippen LogP contribution in [0.4, 0.5) is 4.39 Å². The van der Waals surface area contributed by atoms with Crippen molar-refractivity contribution in [2.45, 2.75) is 19.3 Å². The third-order valence-corrected chi connectivity index (χ3v) is 3.88. The molecule has 0 saturated heterocycles. The summed E-state index contributed by atoms with van der Waals surface area (Å²) in [6, 6.07) is 3.13. The number of hydrogen-bond acceptors (Lipinski definition) is 1. The van der Waals surface area contributed by atoms with Gasteiger partial charge in [-0.3, -0.25) is 0 Å². The Labute approximate surface area is 103 Å². The molecule has 90 valence electrons. The molecule has 4 heteroatoms. The van der Waals surface area contributed by atoms with Gasteiger partial charge < -0.3 is 10.1 Å². The highest BCUT2D eigenvalue weighted by atomic mass is 35.5. The molecule has 2 N–H and O–H groups in total. The minimum Gasteiger partial charge on any atom is -0.396 e. The van der Waals surface area contributed by atoms with E-state index in [1.165, 1.54) is 6.07 Å². The van der Waals surface area contributed by atoms with Crippen LogP contribution in [0.5, 0.6) is 0 Å². The molecule has 17 heavy (non-hydrogen) atoms. The number of hydrogen-bond donors (Lipinski definition) is 2. The topological polar surface area (TPSA) is 36.0 Å². The standard InChI is InChI=1S/C13H13ClFNO/c14-10-5-13-9(4-11(10)15)8-3-7(6-17)1-2-12(8)16-13/h4-5,7,16-17H,1-3,6H2. The quantitative estimate of drug-likeness (QED) is 0.805. The molecule has 1 aromatic heterocycles. The fraction of sp³-hybridized carbons (Fsp3) is 0.385. The number of rotatable bonds is 1. The largest absolute Gasteiger partial charge is 0.396 e. The lowest BCUT2D eigenvalue weighted by Crippen LogP contribution is -2.16. The Hall–Kier alpha value is -1.06. The summed E-state index contributed by atoms with van der Waals surface area (Å²) in [5, 5.41) is 10.3. The van der Waals surface area contributed by atoms with Gasteiger partial charge in [0.2, 0.25) is 0 Å². The van der Waals surface area contributed by atoms with Gasteiger partial charge >= 0.3 is 0 Å². The molecule has 0 fully saturated rings. The molecule has 1 heterocycles. The van der Waals surface area contributed by atoms with Gasteiger partial charge in [-0.15, -0.1) is 0 Å². The Morgan fingerprint density at radius 3 is 3.06 bits per heavy atom. The Bertz CT molecular complexity index is 578. The van der Waals surface area contributed by atoms with E-state index < -0.39 is 0 Å². The Balaban J connectivity index is 2.17. The Morgan fingerprint density at radius 1 is 1.47 bits per heavy atom. The van der Waals surface area contributed by atoms with Crippen LogP contribution in [0.2, 0.25) is 5.02 Å². The number of aromatic amines is 1. The van der Waals surface area contributed by atoms with E-state index in [-0.39, 0.29) is 17.4 Å². The van der Waals surface area contributed by atoms with Crippen molar-refractivity contribution in [3.63, 3.8) is 0 Å². The fourth-order valence-electron chi connectivity index (χ4n) is 2.64. The third-order valence-electron chi connectivity index (χ3n) is 3.59. The van der Waals surface area contributed by atoms with Crippen molar-refractivity contribution in [2.24, 2.45) is 5.92 Å². The normalized spacial score (nSPS) is 19.6. The monoisotopic (exact) mass is 253 g/mol. The molecular weight excluding hydrogens is 241 g/mol. The molecular formula is C13H13ClFNO. The third kappa shape index (κ3) is 1.74. The molecule has 0 aliphatic heterocycles. The highest BCUT2D eigenvalue weighted by Gasteiger charge is 2.22. The van der Waals surface area contributed by atoms with Crippen molar-refractivity contribution >= 4 is 22.5 Å². The van der Waals surface area contributed by atoms with Crippen LogP contribution >= 0.6 is 11.6 Å². The van der Waals surface area contributed by atoms with Crippen molar-refractivity contribution in [1.29, 1.82) is 0 Å². The summed E-state index contributed by atoms with van der Waals surface area (Å²) >= 11 is 5.77. The lowest BCUT2D eigenvalue weighted by atomic mass is 9.87. The van der Waals surface area contributed by atoms with Gasteiger partial charge in [-0.05, 0) is 42.9 Å². The first kappa shape index (κ1) is 11.1. The van der Waals surface area contributed by atoms with E-state index in [1.807, 2.05) is 0 Å². The second-order valence-electron chi connectivity index (χ2n) is 4.69. The van der Waals surface area contributed by atoms with Gasteiger partial charge in [-0.2, -0.15) is 0 Å². The predicted octanol–water partition coefficient (Wildman–Crippen LogP) is 3.06. The van der Waals surface area contributed by atoms with Gasteiger partial charge in [-0.1, -0.05) is 11.6 Å². The van der Waals surface area contributed by atoms with Crippen LogP contribution in [0, 0.1) is 11.7 Å². The Morgan fingerprint density at radius 2 is 2.29 bits per heavy atom. The maximum Gasteiger partial charge on any atom is 0.142 e. The molecule has 1 aromatic carbocycles. The SMILES string of the molecule is OCC1CCc2[nH]c3cc(Cl)c(F)cc3c2C1. The van der Waals surface area contributed by atoms with Crippen molar-refractivity contribution in [3.8, 4) is 0 Å². The molecule has 1 unspecified atom stereocenters. The zero-order valence-corrected chi connectivity index (χ0v) is 10.0. The number of nitrogens with one attached hydrogen (secondary N) is 1. The van der Waals surface area contributed by atoms with Crippen LogP contribution < -0.4 is 0 Å². The number of H-pyrrole nitrogens is 1. The minimum absolute atomic E-state index is 0.148. The molecule has 0 amide bonds. The van der Waals surface area contributed by atoms with Crippen LogP contribution in [-0.2, 0) is 12.8 Å². The van der Waals surface area contributed by atoms with Crippen LogP contribution in [0.15, 0.2) is 12.1 Å². The highest BCUT2D eigenvalue weighted by Crippen LogP contribution is 2.33.